The second-order valence-electron chi connectivity index (χ2n) is 4.45. The fourth-order valence-corrected chi connectivity index (χ4v) is 4.06. The molecule has 0 aromatic carbocycles. The van der Waals surface area contributed by atoms with Crippen LogP contribution in [0.25, 0.3) is 0 Å². The Morgan fingerprint density at radius 2 is 1.85 bits per heavy atom. The SMILES string of the molecule is CN(C(C)(C)C(=O)O)S(=O)(=O)c1ccsc1C(F)(F)F. The van der Waals surface area contributed by atoms with Gasteiger partial charge in [0.15, 0.2) is 0 Å². The monoisotopic (exact) mass is 331 g/mol. The molecule has 0 aliphatic rings. The number of carboxylic acid groups (broad SMARTS) is 1. The van der Waals surface area contributed by atoms with Crippen LogP contribution < -0.4 is 0 Å². The highest BCUT2D eigenvalue weighted by atomic mass is 32.2. The summed E-state index contributed by atoms with van der Waals surface area (Å²) >= 11 is 0.242. The number of nitrogens with zero attached hydrogens (tertiary/aromatic N) is 1. The van der Waals surface area contributed by atoms with Gasteiger partial charge < -0.3 is 5.11 Å². The minimum absolute atomic E-state index is 0.242. The zero-order valence-electron chi connectivity index (χ0n) is 10.7. The number of sulfonamides is 1. The van der Waals surface area contributed by atoms with Crippen LogP contribution in [0.1, 0.15) is 18.7 Å². The van der Waals surface area contributed by atoms with E-state index in [1.807, 2.05) is 0 Å². The number of carbonyl (C=O) groups is 1. The van der Waals surface area contributed by atoms with Crippen molar-refractivity contribution in [2.24, 2.45) is 0 Å². The molecule has 0 aliphatic carbocycles. The first-order chi connectivity index (χ1) is 8.83. The molecule has 1 heterocycles. The molecule has 10 heteroatoms. The lowest BCUT2D eigenvalue weighted by molar-refractivity contribution is -0.145. The predicted octanol–water partition coefficient (Wildman–Crippen LogP) is 2.25. The third-order valence-corrected chi connectivity index (χ3v) is 6.00. The quantitative estimate of drug-likeness (QED) is 0.918. The van der Waals surface area contributed by atoms with Crippen molar-refractivity contribution in [2.75, 3.05) is 7.05 Å². The third kappa shape index (κ3) is 2.81. The fraction of sp³-hybridized carbons (Fsp3) is 0.500. The van der Waals surface area contributed by atoms with Crippen molar-refractivity contribution >= 4 is 27.3 Å². The van der Waals surface area contributed by atoms with E-state index in [1.165, 1.54) is 0 Å². The number of aliphatic carboxylic acids is 1. The highest BCUT2D eigenvalue weighted by Gasteiger charge is 2.45. The average Bonchev–Trinajstić information content (AvgIpc) is 2.76. The Kier molecular flexibility index (Phi) is 4.24. The lowest BCUT2D eigenvalue weighted by Gasteiger charge is -2.30. The molecule has 0 saturated heterocycles. The van der Waals surface area contributed by atoms with E-state index >= 15 is 0 Å². The lowest BCUT2D eigenvalue weighted by atomic mass is 10.1. The van der Waals surface area contributed by atoms with Gasteiger partial charge in [-0.3, -0.25) is 4.79 Å². The average molecular weight is 331 g/mol. The minimum Gasteiger partial charge on any atom is -0.480 e. The highest BCUT2D eigenvalue weighted by Crippen LogP contribution is 2.39. The zero-order chi connectivity index (χ0) is 15.9. The number of thiophene rings is 1. The Hall–Kier alpha value is -1.13. The van der Waals surface area contributed by atoms with E-state index in [1.54, 1.807) is 0 Å². The number of likely N-dealkylation sites (N-methyl/N-ethyl adjacent to an activating group) is 1. The minimum atomic E-state index is -4.81. The van der Waals surface area contributed by atoms with Crippen molar-refractivity contribution < 1.29 is 31.5 Å². The number of halogens is 3. The van der Waals surface area contributed by atoms with Gasteiger partial charge in [-0.1, -0.05) is 0 Å². The molecule has 0 unspecified atom stereocenters. The van der Waals surface area contributed by atoms with Crippen LogP contribution in [0.15, 0.2) is 16.3 Å². The molecule has 1 N–H and O–H groups in total. The van der Waals surface area contributed by atoms with Crippen molar-refractivity contribution in [1.82, 2.24) is 4.31 Å². The Balaban J connectivity index is 3.40. The van der Waals surface area contributed by atoms with Crippen molar-refractivity contribution in [1.29, 1.82) is 0 Å². The van der Waals surface area contributed by atoms with Crippen molar-refractivity contribution in [2.45, 2.75) is 30.5 Å². The first kappa shape index (κ1) is 16.9. The van der Waals surface area contributed by atoms with Crippen molar-refractivity contribution in [3.8, 4) is 0 Å². The van der Waals surface area contributed by atoms with Crippen molar-refractivity contribution in [3.63, 3.8) is 0 Å². The van der Waals surface area contributed by atoms with E-state index in [0.717, 1.165) is 32.3 Å². The second-order valence-corrected chi connectivity index (χ2v) is 7.30. The van der Waals surface area contributed by atoms with Crippen LogP contribution in [0.3, 0.4) is 0 Å². The summed E-state index contributed by atoms with van der Waals surface area (Å²) in [6.07, 6.45) is -4.81. The summed E-state index contributed by atoms with van der Waals surface area (Å²) in [6, 6.07) is 0.817. The Labute approximate surface area is 117 Å². The van der Waals surface area contributed by atoms with Gasteiger partial charge in [-0.05, 0) is 25.3 Å². The van der Waals surface area contributed by atoms with Crippen LogP contribution in [-0.2, 0) is 21.0 Å². The van der Waals surface area contributed by atoms with Gasteiger partial charge in [-0.2, -0.15) is 17.5 Å². The number of alkyl halides is 3. The van der Waals surface area contributed by atoms with Crippen LogP contribution in [0.5, 0.6) is 0 Å². The molecule has 114 valence electrons. The summed E-state index contributed by atoms with van der Waals surface area (Å²) in [5, 5.41) is 9.97. The van der Waals surface area contributed by atoms with Crippen molar-refractivity contribution in [3.05, 3.63) is 16.3 Å². The molecule has 0 amide bonds. The Morgan fingerprint density at radius 3 is 2.25 bits per heavy atom. The van der Waals surface area contributed by atoms with Crippen LogP contribution in [0.2, 0.25) is 0 Å². The van der Waals surface area contributed by atoms with E-state index < -0.39 is 37.5 Å². The van der Waals surface area contributed by atoms with Gasteiger partial charge in [0.1, 0.15) is 15.3 Å². The van der Waals surface area contributed by atoms with Gasteiger partial charge in [0.2, 0.25) is 10.0 Å². The molecule has 1 aromatic heterocycles. The summed E-state index contributed by atoms with van der Waals surface area (Å²) in [5.74, 6) is -1.47. The molecule has 1 aromatic rings. The third-order valence-electron chi connectivity index (χ3n) is 2.84. The van der Waals surface area contributed by atoms with E-state index in [0.29, 0.717) is 4.31 Å². The molecule has 0 atom stereocenters. The van der Waals surface area contributed by atoms with Gasteiger partial charge >= 0.3 is 12.1 Å². The van der Waals surface area contributed by atoms with Crippen LogP contribution in [0, 0.1) is 0 Å². The maximum absolute atomic E-state index is 12.7. The fourth-order valence-electron chi connectivity index (χ4n) is 1.29. The second kappa shape index (κ2) is 5.01. The highest BCUT2D eigenvalue weighted by molar-refractivity contribution is 7.89. The van der Waals surface area contributed by atoms with Gasteiger partial charge in [-0.15, -0.1) is 11.3 Å². The van der Waals surface area contributed by atoms with Crippen LogP contribution in [-0.4, -0.2) is 36.4 Å². The standard InChI is InChI=1S/C10H12F3NO4S2/c1-9(2,8(15)16)14(3)20(17,18)6-4-5-19-7(6)10(11,12)13/h4-5H,1-3H3,(H,15,16). The zero-order valence-corrected chi connectivity index (χ0v) is 12.4. The van der Waals surface area contributed by atoms with Gasteiger partial charge in [-0.25, -0.2) is 8.42 Å². The molecule has 0 radical (unpaired) electrons. The normalized spacial score (nSPS) is 13.8. The molecular weight excluding hydrogens is 319 g/mol. The van der Waals surface area contributed by atoms with E-state index in [9.17, 15) is 26.4 Å². The topological polar surface area (TPSA) is 74.7 Å². The molecule has 0 aliphatic heterocycles. The largest absolute Gasteiger partial charge is 0.480 e. The molecule has 0 fully saturated rings. The number of hydrogen-bond acceptors (Lipinski definition) is 4. The molecule has 0 bridgehead atoms. The molecule has 5 nitrogen and oxygen atoms in total. The lowest BCUT2D eigenvalue weighted by Crippen LogP contribution is -2.50. The van der Waals surface area contributed by atoms with Gasteiger partial charge in [0.25, 0.3) is 0 Å². The van der Waals surface area contributed by atoms with E-state index in [4.69, 9.17) is 5.11 Å². The maximum Gasteiger partial charge on any atom is 0.426 e. The van der Waals surface area contributed by atoms with Crippen LogP contribution in [0.4, 0.5) is 13.2 Å². The number of carboxylic acids is 1. The molecule has 1 rings (SSSR count). The smallest absolute Gasteiger partial charge is 0.426 e. The maximum atomic E-state index is 12.7. The number of rotatable bonds is 4. The Morgan fingerprint density at radius 1 is 1.35 bits per heavy atom. The summed E-state index contributed by atoms with van der Waals surface area (Å²) < 4.78 is 63.0. The van der Waals surface area contributed by atoms with Gasteiger partial charge in [0, 0.05) is 7.05 Å². The molecule has 0 spiro atoms. The van der Waals surface area contributed by atoms with Crippen LogP contribution >= 0.6 is 11.3 Å². The van der Waals surface area contributed by atoms with E-state index in [2.05, 4.69) is 0 Å². The first-order valence-electron chi connectivity index (χ1n) is 5.20. The molecule has 0 saturated carbocycles. The first-order valence-corrected chi connectivity index (χ1v) is 7.52. The summed E-state index contributed by atoms with van der Waals surface area (Å²) in [7, 11) is -3.64. The summed E-state index contributed by atoms with van der Waals surface area (Å²) in [6.45, 7) is 2.18. The predicted molar refractivity (Wildman–Crippen MR) is 66.0 cm³/mol. The van der Waals surface area contributed by atoms with E-state index in [-0.39, 0.29) is 11.3 Å². The van der Waals surface area contributed by atoms with Gasteiger partial charge in [0.05, 0.1) is 0 Å². The number of hydrogen-bond donors (Lipinski definition) is 1. The molecule has 20 heavy (non-hydrogen) atoms. The summed E-state index contributed by atoms with van der Waals surface area (Å²) in [4.78, 5) is 8.82. The summed E-state index contributed by atoms with van der Waals surface area (Å²) in [5.41, 5.74) is -1.87. The molecular formula is C10H12F3NO4S2. The Bertz CT molecular complexity index is 619.